The quantitative estimate of drug-likeness (QED) is 0.883. The van der Waals surface area contributed by atoms with Crippen LogP contribution in [0.25, 0.3) is 0 Å². The molecule has 0 unspecified atom stereocenters. The average molecular weight is 367 g/mol. The first kappa shape index (κ1) is 18.4. The molecule has 1 aromatic heterocycles. The van der Waals surface area contributed by atoms with Crippen LogP contribution in [0, 0.1) is 11.3 Å². The fraction of sp³-hybridized carbons (Fsp3) is 0.444. The summed E-state index contributed by atoms with van der Waals surface area (Å²) in [5.41, 5.74) is -1.22. The molecular formula is C18H20F3N3O2. The van der Waals surface area contributed by atoms with Gasteiger partial charge in [0.2, 0.25) is 0 Å². The number of aliphatic carboxylic acids is 1. The van der Waals surface area contributed by atoms with Gasteiger partial charge < -0.3 is 9.67 Å². The lowest BCUT2D eigenvalue weighted by atomic mass is 9.79. The number of halogens is 3. The number of carbonyl (C=O) groups is 1. The first-order chi connectivity index (χ1) is 12.2. The molecule has 5 nitrogen and oxygen atoms in total. The number of hydrogen-bond donors (Lipinski definition) is 1. The van der Waals surface area contributed by atoms with E-state index in [1.807, 2.05) is 34.9 Å². The summed E-state index contributed by atoms with van der Waals surface area (Å²) in [7, 11) is 0. The van der Waals surface area contributed by atoms with Crippen LogP contribution in [0.2, 0.25) is 0 Å². The molecule has 0 aliphatic carbocycles. The summed E-state index contributed by atoms with van der Waals surface area (Å²) >= 11 is 0. The van der Waals surface area contributed by atoms with Crippen LogP contribution < -0.4 is 0 Å². The van der Waals surface area contributed by atoms with Gasteiger partial charge in [0.25, 0.3) is 0 Å². The summed E-state index contributed by atoms with van der Waals surface area (Å²) in [4.78, 5) is 17.1. The van der Waals surface area contributed by atoms with Crippen molar-refractivity contribution in [3.63, 3.8) is 0 Å². The van der Waals surface area contributed by atoms with Gasteiger partial charge in [-0.3, -0.25) is 9.69 Å². The molecule has 1 N–H and O–H groups in total. The van der Waals surface area contributed by atoms with Crippen molar-refractivity contribution < 1.29 is 23.1 Å². The third kappa shape index (κ3) is 3.46. The standard InChI is InChI=1S/C18H20F3N3O2/c1-17(18(19,20)21)12-23(10-14(17)16(25)26)11-15-22-7-8-24(15)9-13-5-3-2-4-6-13/h2-8,14H,9-12H2,1H3,(H,25,26)/t14-,17+/m1/s1. The maximum atomic E-state index is 13.5. The van der Waals surface area contributed by atoms with E-state index in [1.165, 1.54) is 4.90 Å². The van der Waals surface area contributed by atoms with Crippen molar-refractivity contribution in [3.05, 3.63) is 54.1 Å². The highest BCUT2D eigenvalue weighted by Gasteiger charge is 2.62. The zero-order valence-electron chi connectivity index (χ0n) is 14.3. The van der Waals surface area contributed by atoms with E-state index in [9.17, 15) is 23.1 Å². The number of carboxylic acid groups (broad SMARTS) is 1. The molecular weight excluding hydrogens is 347 g/mol. The van der Waals surface area contributed by atoms with Crippen molar-refractivity contribution in [2.45, 2.75) is 26.2 Å². The van der Waals surface area contributed by atoms with Crippen LogP contribution in [0.3, 0.4) is 0 Å². The molecule has 0 amide bonds. The zero-order valence-corrected chi connectivity index (χ0v) is 14.3. The number of hydrogen-bond acceptors (Lipinski definition) is 3. The summed E-state index contributed by atoms with van der Waals surface area (Å²) in [6, 6.07) is 9.66. The molecule has 0 radical (unpaired) electrons. The van der Waals surface area contributed by atoms with Crippen LogP contribution in [0.1, 0.15) is 18.3 Å². The molecule has 1 saturated heterocycles. The van der Waals surface area contributed by atoms with Crippen molar-refractivity contribution in [1.29, 1.82) is 0 Å². The summed E-state index contributed by atoms with van der Waals surface area (Å²) in [6.07, 6.45) is -1.20. The lowest BCUT2D eigenvalue weighted by molar-refractivity contribution is -0.228. The topological polar surface area (TPSA) is 58.4 Å². The lowest BCUT2D eigenvalue weighted by Gasteiger charge is -2.30. The molecule has 3 rings (SSSR count). The predicted octanol–water partition coefficient (Wildman–Crippen LogP) is 3.02. The number of rotatable bonds is 5. The number of imidazole rings is 1. The normalized spacial score (nSPS) is 24.1. The Hall–Kier alpha value is -2.35. The second-order valence-corrected chi connectivity index (χ2v) is 6.93. The maximum absolute atomic E-state index is 13.5. The van der Waals surface area contributed by atoms with E-state index in [1.54, 1.807) is 12.4 Å². The largest absolute Gasteiger partial charge is 0.481 e. The molecule has 0 bridgehead atoms. The molecule has 0 spiro atoms. The minimum atomic E-state index is -4.58. The zero-order chi connectivity index (χ0) is 18.9. The average Bonchev–Trinajstić information content (AvgIpc) is 3.13. The molecule has 26 heavy (non-hydrogen) atoms. The Kier molecular flexibility index (Phi) is 4.79. The number of likely N-dealkylation sites (tertiary alicyclic amines) is 1. The fourth-order valence-electron chi connectivity index (χ4n) is 3.47. The highest BCUT2D eigenvalue weighted by atomic mass is 19.4. The van der Waals surface area contributed by atoms with Crippen LogP contribution in [-0.2, 0) is 17.9 Å². The number of alkyl halides is 3. The van der Waals surface area contributed by atoms with E-state index in [0.717, 1.165) is 12.5 Å². The minimum absolute atomic E-state index is 0.149. The van der Waals surface area contributed by atoms with E-state index in [4.69, 9.17) is 0 Å². The Balaban J connectivity index is 1.77. The van der Waals surface area contributed by atoms with Crippen molar-refractivity contribution in [2.24, 2.45) is 11.3 Å². The Bertz CT molecular complexity index is 775. The molecule has 140 valence electrons. The predicted molar refractivity (Wildman–Crippen MR) is 88.3 cm³/mol. The molecule has 2 heterocycles. The SMILES string of the molecule is C[C@]1(C(F)(F)F)CN(Cc2nccn2Cc2ccccc2)C[C@@H]1C(=O)O. The second kappa shape index (κ2) is 6.75. The third-order valence-electron chi connectivity index (χ3n) is 5.07. The first-order valence-corrected chi connectivity index (χ1v) is 8.26. The van der Waals surface area contributed by atoms with Gasteiger partial charge in [-0.05, 0) is 12.5 Å². The maximum Gasteiger partial charge on any atom is 0.396 e. The molecule has 8 heteroatoms. The summed E-state index contributed by atoms with van der Waals surface area (Å²) in [6.45, 7) is 1.22. The molecule has 2 aromatic rings. The van der Waals surface area contributed by atoms with Gasteiger partial charge in [-0.2, -0.15) is 13.2 Å². The molecule has 2 atom stereocenters. The van der Waals surface area contributed by atoms with Gasteiger partial charge in [0.15, 0.2) is 0 Å². The number of aromatic nitrogens is 2. The fourth-order valence-corrected chi connectivity index (χ4v) is 3.47. The Labute approximate surface area is 149 Å². The molecule has 0 saturated carbocycles. The van der Waals surface area contributed by atoms with Gasteiger partial charge in [-0.15, -0.1) is 0 Å². The molecule has 1 aromatic carbocycles. The van der Waals surface area contributed by atoms with Gasteiger partial charge in [0.1, 0.15) is 5.82 Å². The second-order valence-electron chi connectivity index (χ2n) is 6.93. The van der Waals surface area contributed by atoms with Crippen LogP contribution in [0.5, 0.6) is 0 Å². The van der Waals surface area contributed by atoms with Crippen LogP contribution >= 0.6 is 0 Å². The highest BCUT2D eigenvalue weighted by molar-refractivity contribution is 5.72. The summed E-state index contributed by atoms with van der Waals surface area (Å²) in [5, 5.41) is 9.26. The number of benzene rings is 1. The van der Waals surface area contributed by atoms with Crippen molar-refractivity contribution in [3.8, 4) is 0 Å². The van der Waals surface area contributed by atoms with Gasteiger partial charge in [0, 0.05) is 32.0 Å². The van der Waals surface area contributed by atoms with Crippen LogP contribution in [0.15, 0.2) is 42.7 Å². The smallest absolute Gasteiger partial charge is 0.396 e. The third-order valence-corrected chi connectivity index (χ3v) is 5.07. The van der Waals surface area contributed by atoms with E-state index in [2.05, 4.69) is 4.98 Å². The first-order valence-electron chi connectivity index (χ1n) is 8.26. The van der Waals surface area contributed by atoms with Gasteiger partial charge in [-0.25, -0.2) is 4.98 Å². The molecule has 1 aliphatic heterocycles. The van der Waals surface area contributed by atoms with E-state index in [-0.39, 0.29) is 19.6 Å². The molecule has 1 aliphatic rings. The Morgan fingerprint density at radius 1 is 1.31 bits per heavy atom. The summed E-state index contributed by atoms with van der Waals surface area (Å²) < 4.78 is 42.3. The lowest BCUT2D eigenvalue weighted by Crippen LogP contribution is -2.44. The van der Waals surface area contributed by atoms with Crippen molar-refractivity contribution in [1.82, 2.24) is 14.5 Å². The van der Waals surface area contributed by atoms with Crippen molar-refractivity contribution in [2.75, 3.05) is 13.1 Å². The highest BCUT2D eigenvalue weighted by Crippen LogP contribution is 2.48. The van der Waals surface area contributed by atoms with E-state index >= 15 is 0 Å². The van der Waals surface area contributed by atoms with Gasteiger partial charge >= 0.3 is 12.1 Å². The van der Waals surface area contributed by atoms with E-state index in [0.29, 0.717) is 12.4 Å². The number of carboxylic acids is 1. The van der Waals surface area contributed by atoms with Gasteiger partial charge in [-0.1, -0.05) is 30.3 Å². The monoisotopic (exact) mass is 367 g/mol. The minimum Gasteiger partial charge on any atom is -0.481 e. The Morgan fingerprint density at radius 3 is 2.58 bits per heavy atom. The van der Waals surface area contributed by atoms with Crippen LogP contribution in [0.4, 0.5) is 13.2 Å². The Morgan fingerprint density at radius 2 is 2.00 bits per heavy atom. The van der Waals surface area contributed by atoms with Crippen molar-refractivity contribution >= 4 is 5.97 Å². The van der Waals surface area contributed by atoms with Gasteiger partial charge in [0.05, 0.1) is 17.9 Å². The number of nitrogens with zero attached hydrogens (tertiary/aromatic N) is 3. The summed E-state index contributed by atoms with van der Waals surface area (Å²) in [5.74, 6) is -2.29. The van der Waals surface area contributed by atoms with Crippen LogP contribution in [-0.4, -0.2) is 44.8 Å². The van der Waals surface area contributed by atoms with E-state index < -0.39 is 23.5 Å². The molecule has 1 fully saturated rings.